The van der Waals surface area contributed by atoms with Crippen LogP contribution in [0, 0.1) is 0 Å². The number of nitrogens with one attached hydrogen (secondary N) is 1. The summed E-state index contributed by atoms with van der Waals surface area (Å²) in [5.41, 5.74) is -0.108. The van der Waals surface area contributed by atoms with Gasteiger partial charge in [-0.25, -0.2) is 9.48 Å². The van der Waals surface area contributed by atoms with Gasteiger partial charge in [-0.3, -0.25) is 0 Å². The highest BCUT2D eigenvalue weighted by Crippen LogP contribution is 2.34. The van der Waals surface area contributed by atoms with Crippen molar-refractivity contribution in [2.24, 2.45) is 0 Å². The smallest absolute Gasteiger partial charge is 0.317 e. The summed E-state index contributed by atoms with van der Waals surface area (Å²) >= 11 is 0. The highest BCUT2D eigenvalue weighted by Gasteiger charge is 2.36. The molecule has 3 aliphatic rings. The number of carbonyl (C=O) groups is 1. The van der Waals surface area contributed by atoms with Crippen LogP contribution in [0.4, 0.5) is 4.79 Å². The molecule has 24 heavy (non-hydrogen) atoms. The van der Waals surface area contributed by atoms with Crippen LogP contribution >= 0.6 is 0 Å². The molecule has 3 fully saturated rings. The van der Waals surface area contributed by atoms with Crippen LogP contribution in [0.2, 0.25) is 0 Å². The Morgan fingerprint density at radius 1 is 1.21 bits per heavy atom. The highest BCUT2D eigenvalue weighted by atomic mass is 16.5. The van der Waals surface area contributed by atoms with Crippen LogP contribution in [0.3, 0.4) is 0 Å². The number of amides is 2. The van der Waals surface area contributed by atoms with Crippen LogP contribution in [-0.2, 0) is 16.0 Å². The Labute approximate surface area is 140 Å². The lowest BCUT2D eigenvalue weighted by atomic mass is 9.90. The Balaban J connectivity index is 1.30. The minimum absolute atomic E-state index is 0.0759. The zero-order valence-corrected chi connectivity index (χ0v) is 13.8. The summed E-state index contributed by atoms with van der Waals surface area (Å²) in [6.45, 7) is 3.75. The molecule has 1 N–H and O–H groups in total. The molecule has 0 bridgehead atoms. The average molecular weight is 336 g/mol. The summed E-state index contributed by atoms with van der Waals surface area (Å²) in [5, 5.41) is 14.7. The van der Waals surface area contributed by atoms with Crippen molar-refractivity contribution < 1.29 is 14.3 Å². The Kier molecular flexibility index (Phi) is 4.36. The first-order valence-corrected chi connectivity index (χ1v) is 8.77. The van der Waals surface area contributed by atoms with Gasteiger partial charge in [0.05, 0.1) is 24.8 Å². The van der Waals surface area contributed by atoms with Crippen molar-refractivity contribution in [3.63, 3.8) is 0 Å². The molecule has 9 heteroatoms. The Morgan fingerprint density at radius 3 is 2.83 bits per heavy atom. The van der Waals surface area contributed by atoms with Gasteiger partial charge in [-0.2, -0.15) is 0 Å². The summed E-state index contributed by atoms with van der Waals surface area (Å²) in [6.07, 6.45) is 4.92. The number of aromatic nitrogens is 4. The van der Waals surface area contributed by atoms with Crippen LogP contribution in [0.1, 0.15) is 44.0 Å². The summed E-state index contributed by atoms with van der Waals surface area (Å²) < 4.78 is 13.3. The molecule has 1 spiro atoms. The second-order valence-corrected chi connectivity index (χ2v) is 6.81. The molecule has 0 radical (unpaired) electrons. The predicted octanol–water partition coefficient (Wildman–Crippen LogP) is 0.489. The van der Waals surface area contributed by atoms with Gasteiger partial charge in [-0.05, 0) is 42.5 Å². The van der Waals surface area contributed by atoms with Crippen molar-refractivity contribution in [3.8, 4) is 0 Å². The largest absolute Gasteiger partial charge is 0.381 e. The van der Waals surface area contributed by atoms with Crippen LogP contribution < -0.4 is 5.32 Å². The summed E-state index contributed by atoms with van der Waals surface area (Å²) in [5.74, 6) is 0.720. The van der Waals surface area contributed by atoms with Gasteiger partial charge < -0.3 is 19.7 Å². The van der Waals surface area contributed by atoms with E-state index in [9.17, 15) is 4.79 Å². The molecule has 1 aliphatic carbocycles. The summed E-state index contributed by atoms with van der Waals surface area (Å²) in [6, 6.07) is 0.333. The monoisotopic (exact) mass is 336 g/mol. The number of hydrogen-bond donors (Lipinski definition) is 1. The van der Waals surface area contributed by atoms with Crippen LogP contribution in [0.15, 0.2) is 0 Å². The fraction of sp³-hybridized carbons (Fsp3) is 0.867. The Morgan fingerprint density at radius 2 is 2.04 bits per heavy atom. The predicted molar refractivity (Wildman–Crippen MR) is 83.2 cm³/mol. The lowest BCUT2D eigenvalue weighted by Crippen LogP contribution is -2.42. The van der Waals surface area contributed by atoms with Gasteiger partial charge in [0.1, 0.15) is 0 Å². The van der Waals surface area contributed by atoms with Crippen molar-refractivity contribution >= 4 is 6.03 Å². The van der Waals surface area contributed by atoms with Gasteiger partial charge in [0, 0.05) is 26.3 Å². The highest BCUT2D eigenvalue weighted by molar-refractivity contribution is 5.74. The van der Waals surface area contributed by atoms with Gasteiger partial charge >= 0.3 is 6.03 Å². The van der Waals surface area contributed by atoms with Crippen molar-refractivity contribution in [1.29, 1.82) is 0 Å². The van der Waals surface area contributed by atoms with Crippen LogP contribution in [-0.4, -0.2) is 69.6 Å². The van der Waals surface area contributed by atoms with E-state index in [1.807, 2.05) is 9.58 Å². The molecular weight excluding hydrogens is 312 g/mol. The van der Waals surface area contributed by atoms with E-state index in [-0.39, 0.29) is 11.6 Å². The maximum atomic E-state index is 12.5. The quantitative estimate of drug-likeness (QED) is 0.863. The van der Waals surface area contributed by atoms with E-state index in [1.54, 1.807) is 0 Å². The van der Waals surface area contributed by atoms with E-state index < -0.39 is 0 Å². The van der Waals surface area contributed by atoms with Crippen molar-refractivity contribution in [2.75, 3.05) is 32.9 Å². The lowest BCUT2D eigenvalue weighted by Gasteiger charge is -2.35. The first-order valence-electron chi connectivity index (χ1n) is 8.77. The third-order valence-corrected chi connectivity index (χ3v) is 5.15. The molecule has 3 heterocycles. The number of rotatable bonds is 3. The van der Waals surface area contributed by atoms with Gasteiger partial charge in [-0.15, -0.1) is 5.10 Å². The van der Waals surface area contributed by atoms with Gasteiger partial charge in [0.2, 0.25) is 0 Å². The number of ether oxygens (including phenoxy) is 2. The maximum Gasteiger partial charge on any atom is 0.317 e. The van der Waals surface area contributed by atoms with E-state index in [4.69, 9.17) is 9.47 Å². The molecule has 1 aromatic heterocycles. The van der Waals surface area contributed by atoms with E-state index >= 15 is 0 Å². The topological polar surface area (TPSA) is 94.4 Å². The molecule has 4 rings (SSSR count). The third-order valence-electron chi connectivity index (χ3n) is 5.15. The zero-order valence-electron chi connectivity index (χ0n) is 13.8. The third kappa shape index (κ3) is 3.36. The molecule has 2 aliphatic heterocycles. The second kappa shape index (κ2) is 6.64. The van der Waals surface area contributed by atoms with E-state index in [1.165, 1.54) is 0 Å². The average Bonchev–Trinajstić information content (AvgIpc) is 3.38. The molecule has 9 nitrogen and oxygen atoms in total. The molecule has 0 aromatic carbocycles. The molecular formula is C15H24N6O3. The molecule has 0 atom stereocenters. The Bertz CT molecular complexity index is 582. The van der Waals surface area contributed by atoms with E-state index in [0.717, 1.165) is 51.1 Å². The van der Waals surface area contributed by atoms with E-state index in [0.29, 0.717) is 32.3 Å². The fourth-order valence-electron chi connectivity index (χ4n) is 3.43. The lowest BCUT2D eigenvalue weighted by molar-refractivity contribution is -0.105. The summed E-state index contributed by atoms with van der Waals surface area (Å²) in [4.78, 5) is 14.3. The molecule has 2 saturated heterocycles. The van der Waals surface area contributed by atoms with Gasteiger partial charge in [-0.1, -0.05) is 0 Å². The minimum atomic E-state index is -0.108. The number of carbonyl (C=O) groups excluding carboxylic acids is 1. The first kappa shape index (κ1) is 15.8. The summed E-state index contributed by atoms with van der Waals surface area (Å²) in [7, 11) is 0. The normalized spacial score (nSPS) is 23.9. The van der Waals surface area contributed by atoms with Gasteiger partial charge in [0.15, 0.2) is 5.82 Å². The molecule has 0 unspecified atom stereocenters. The molecule has 1 aromatic rings. The number of tetrazole rings is 1. The zero-order chi connectivity index (χ0) is 16.4. The van der Waals surface area contributed by atoms with Crippen molar-refractivity contribution in [3.05, 3.63) is 5.82 Å². The molecule has 1 saturated carbocycles. The van der Waals surface area contributed by atoms with Crippen molar-refractivity contribution in [1.82, 2.24) is 30.4 Å². The standard InChI is InChI=1S/C15H24N6O3/c22-14(16-11-13-17-18-19-21(13)12-1-2-12)20-6-3-15(24-10-7-20)4-8-23-9-5-15/h12H,1-11H2,(H,16,22). The Hall–Kier alpha value is -1.74. The van der Waals surface area contributed by atoms with Crippen LogP contribution in [0.25, 0.3) is 0 Å². The van der Waals surface area contributed by atoms with E-state index in [2.05, 4.69) is 20.8 Å². The minimum Gasteiger partial charge on any atom is -0.381 e. The van der Waals surface area contributed by atoms with Gasteiger partial charge in [0.25, 0.3) is 0 Å². The number of urea groups is 1. The van der Waals surface area contributed by atoms with Crippen molar-refractivity contribution in [2.45, 2.75) is 50.3 Å². The molecule has 2 amide bonds. The fourth-order valence-corrected chi connectivity index (χ4v) is 3.43. The SMILES string of the molecule is O=C(NCc1nnnn1C1CC1)N1CCOC2(CCOCC2)CC1. The number of hydrogen-bond acceptors (Lipinski definition) is 6. The first-order chi connectivity index (χ1) is 11.8. The maximum absolute atomic E-state index is 12.5. The van der Waals surface area contributed by atoms with Crippen LogP contribution in [0.5, 0.6) is 0 Å². The second-order valence-electron chi connectivity index (χ2n) is 6.81. The number of nitrogens with zero attached hydrogens (tertiary/aromatic N) is 5. The molecule has 132 valence electrons.